The second kappa shape index (κ2) is 10.4. The number of carbonyl (C=O) groups is 2. The van der Waals surface area contributed by atoms with Crippen LogP contribution in [0.15, 0.2) is 42.5 Å². The molecule has 1 amide bonds. The number of rotatable bonds is 8. The van der Waals surface area contributed by atoms with Crippen molar-refractivity contribution in [2.24, 2.45) is 7.05 Å². The number of ether oxygens (including phenoxy) is 2. The summed E-state index contributed by atoms with van der Waals surface area (Å²) in [6, 6.07) is 9.13. The summed E-state index contributed by atoms with van der Waals surface area (Å²) in [6.45, 7) is 4.40. The van der Waals surface area contributed by atoms with Crippen molar-refractivity contribution < 1.29 is 37.3 Å². The van der Waals surface area contributed by atoms with Gasteiger partial charge in [-0.25, -0.2) is 22.6 Å². The van der Waals surface area contributed by atoms with Crippen LogP contribution in [0, 0.1) is 5.82 Å². The number of carbonyl (C=O) groups excluding carboxylic acids is 2. The topological polar surface area (TPSA) is 103 Å². The van der Waals surface area contributed by atoms with Crippen molar-refractivity contribution in [2.75, 3.05) is 7.11 Å². The van der Waals surface area contributed by atoms with Crippen molar-refractivity contribution in [2.45, 2.75) is 38.8 Å². The Morgan fingerprint density at radius 3 is 2.33 bits per heavy atom. The average Bonchev–Trinajstić information content (AvgIpc) is 3.15. The lowest BCUT2D eigenvalue weighted by atomic mass is 9.98. The third-order valence-electron chi connectivity index (χ3n) is 5.45. The van der Waals surface area contributed by atoms with E-state index in [0.29, 0.717) is 11.1 Å². The van der Waals surface area contributed by atoms with Gasteiger partial charge in [0.25, 0.3) is 12.3 Å². The third kappa shape index (κ3) is 5.68. The minimum Gasteiger partial charge on any atom is -0.465 e. The lowest BCUT2D eigenvalue weighted by Crippen LogP contribution is -2.27. The number of alkyl halides is 2. The average molecular weight is 505 g/mol. The van der Waals surface area contributed by atoms with Gasteiger partial charge in [-0.1, -0.05) is 12.1 Å². The molecule has 1 aromatic heterocycles. The van der Waals surface area contributed by atoms with E-state index in [4.69, 9.17) is 4.74 Å². The van der Waals surface area contributed by atoms with E-state index in [2.05, 4.69) is 15.2 Å². The molecule has 0 aliphatic rings. The zero-order chi connectivity index (χ0) is 26.8. The maximum Gasteiger partial charge on any atom is 0.337 e. The molecule has 0 unspecified atom stereocenters. The number of benzene rings is 2. The molecule has 0 radical (unpaired) electrons. The smallest absolute Gasteiger partial charge is 0.337 e. The van der Waals surface area contributed by atoms with Crippen LogP contribution in [-0.4, -0.2) is 33.9 Å². The molecule has 192 valence electrons. The summed E-state index contributed by atoms with van der Waals surface area (Å²) in [5.74, 6) is -2.35. The molecule has 0 bridgehead atoms. The summed E-state index contributed by atoms with van der Waals surface area (Å²) in [5, 5.41) is 16.6. The minimum absolute atomic E-state index is 0.0119. The van der Waals surface area contributed by atoms with Gasteiger partial charge in [0.15, 0.2) is 0 Å². The number of halogens is 3. The molecule has 1 heterocycles. The molecule has 2 N–H and O–H groups in total. The summed E-state index contributed by atoms with van der Waals surface area (Å²) in [6.07, 6.45) is -3.08. The van der Waals surface area contributed by atoms with Crippen LogP contribution in [0.4, 0.5) is 13.2 Å². The monoisotopic (exact) mass is 505 g/mol. The van der Waals surface area contributed by atoms with Crippen LogP contribution in [0.3, 0.4) is 0 Å². The van der Waals surface area contributed by atoms with Crippen molar-refractivity contribution in [3.8, 4) is 11.6 Å². The van der Waals surface area contributed by atoms with Crippen molar-refractivity contribution in [1.82, 2.24) is 15.1 Å². The van der Waals surface area contributed by atoms with Crippen LogP contribution in [0.2, 0.25) is 0 Å². The lowest BCUT2D eigenvalue weighted by molar-refractivity contribution is 0.0600. The number of aliphatic hydroxyl groups is 1. The van der Waals surface area contributed by atoms with E-state index in [1.807, 2.05) is 0 Å². The first-order chi connectivity index (χ1) is 16.8. The highest BCUT2D eigenvalue weighted by Gasteiger charge is 2.31. The van der Waals surface area contributed by atoms with E-state index in [1.165, 1.54) is 52.3 Å². The Morgan fingerprint density at radius 1 is 1.14 bits per heavy atom. The van der Waals surface area contributed by atoms with Gasteiger partial charge in [-0.2, -0.15) is 5.10 Å². The third-order valence-corrected chi connectivity index (χ3v) is 5.45. The van der Waals surface area contributed by atoms with Crippen molar-refractivity contribution in [1.29, 1.82) is 0 Å². The largest absolute Gasteiger partial charge is 0.465 e. The van der Waals surface area contributed by atoms with Crippen molar-refractivity contribution in [3.05, 3.63) is 76.2 Å². The summed E-state index contributed by atoms with van der Waals surface area (Å²) in [7, 11) is 2.58. The predicted octanol–water partition coefficient (Wildman–Crippen LogP) is 4.79. The van der Waals surface area contributed by atoms with E-state index >= 15 is 0 Å². The molecule has 8 nitrogen and oxygen atoms in total. The van der Waals surface area contributed by atoms with Gasteiger partial charge in [0.1, 0.15) is 22.8 Å². The van der Waals surface area contributed by atoms with Crippen LogP contribution in [0.5, 0.6) is 11.6 Å². The Bertz CT molecular complexity index is 1270. The van der Waals surface area contributed by atoms with Gasteiger partial charge in [-0.05, 0) is 56.7 Å². The zero-order valence-corrected chi connectivity index (χ0v) is 20.3. The molecule has 0 spiro atoms. The molecule has 0 saturated carbocycles. The molecule has 0 aliphatic carbocycles. The Balaban J connectivity index is 1.93. The highest BCUT2D eigenvalue weighted by Crippen LogP contribution is 2.35. The number of hydrogen-bond donors (Lipinski definition) is 2. The van der Waals surface area contributed by atoms with Crippen LogP contribution < -0.4 is 10.1 Å². The van der Waals surface area contributed by atoms with Gasteiger partial charge in [0.2, 0.25) is 5.88 Å². The maximum absolute atomic E-state index is 14.2. The van der Waals surface area contributed by atoms with E-state index in [1.54, 1.807) is 19.1 Å². The number of amides is 1. The Kier molecular flexibility index (Phi) is 7.73. The SMILES string of the molecule is COC(=O)c1ccc([C@H](C)NC(=O)c2c(C(F)F)nn(C)c2Oc2ccc(F)c(C(C)(C)O)c2)cc1. The van der Waals surface area contributed by atoms with Gasteiger partial charge in [0, 0.05) is 12.6 Å². The molecular weight excluding hydrogens is 479 g/mol. The molecular formula is C25H26F3N3O5. The predicted molar refractivity (Wildman–Crippen MR) is 124 cm³/mol. The molecule has 2 aromatic carbocycles. The number of methoxy groups -OCH3 is 1. The van der Waals surface area contributed by atoms with Gasteiger partial charge < -0.3 is 19.9 Å². The molecule has 3 rings (SSSR count). The quantitative estimate of drug-likeness (QED) is 0.427. The van der Waals surface area contributed by atoms with Crippen molar-refractivity contribution >= 4 is 11.9 Å². The van der Waals surface area contributed by atoms with Gasteiger partial charge in [0.05, 0.1) is 24.3 Å². The van der Waals surface area contributed by atoms with Gasteiger partial charge in [-0.15, -0.1) is 0 Å². The minimum atomic E-state index is -3.08. The second-order valence-corrected chi connectivity index (χ2v) is 8.60. The number of nitrogens with one attached hydrogen (secondary N) is 1. The maximum atomic E-state index is 14.2. The highest BCUT2D eigenvalue weighted by molar-refractivity contribution is 5.98. The van der Waals surface area contributed by atoms with E-state index < -0.39 is 47.0 Å². The van der Waals surface area contributed by atoms with Crippen LogP contribution in [-0.2, 0) is 17.4 Å². The zero-order valence-electron chi connectivity index (χ0n) is 20.3. The first kappa shape index (κ1) is 26.7. The fourth-order valence-corrected chi connectivity index (χ4v) is 3.54. The standard InChI is InChI=1S/C25H26F3N3O5/c1-13(14-6-8-15(9-7-14)24(33)35-5)29-22(32)19-20(21(27)28)30-31(4)23(19)36-16-10-11-18(26)17(12-16)25(2,3)34/h6-13,21,34H,1-5H3,(H,29,32)/t13-/m0/s1. The first-order valence-corrected chi connectivity index (χ1v) is 10.9. The van der Waals surface area contributed by atoms with E-state index in [9.17, 15) is 27.9 Å². The summed E-state index contributed by atoms with van der Waals surface area (Å²) < 4.78 is 53.1. The number of aryl methyl sites for hydroxylation is 1. The van der Waals surface area contributed by atoms with Gasteiger partial charge in [-0.3, -0.25) is 4.79 Å². The molecule has 0 fully saturated rings. The summed E-state index contributed by atoms with van der Waals surface area (Å²) in [5.41, 5.74) is -1.97. The van der Waals surface area contributed by atoms with Crippen molar-refractivity contribution in [3.63, 3.8) is 0 Å². The first-order valence-electron chi connectivity index (χ1n) is 10.9. The summed E-state index contributed by atoms with van der Waals surface area (Å²) in [4.78, 5) is 24.8. The second-order valence-electron chi connectivity index (χ2n) is 8.60. The number of hydrogen-bond acceptors (Lipinski definition) is 6. The normalized spacial score (nSPS) is 12.4. The molecule has 36 heavy (non-hydrogen) atoms. The lowest BCUT2D eigenvalue weighted by Gasteiger charge is -2.20. The Hall–Kier alpha value is -3.86. The molecule has 3 aromatic rings. The molecule has 1 atom stereocenters. The van der Waals surface area contributed by atoms with Gasteiger partial charge >= 0.3 is 5.97 Å². The fraction of sp³-hybridized carbons (Fsp3) is 0.320. The molecule has 0 saturated heterocycles. The van der Waals surface area contributed by atoms with E-state index in [-0.39, 0.29) is 17.2 Å². The number of aromatic nitrogens is 2. The number of esters is 1. The summed E-state index contributed by atoms with van der Waals surface area (Å²) >= 11 is 0. The van der Waals surface area contributed by atoms with Crippen LogP contribution in [0.1, 0.15) is 70.8 Å². The Labute approximate surface area is 205 Å². The number of nitrogens with zero attached hydrogens (tertiary/aromatic N) is 2. The molecule has 0 aliphatic heterocycles. The van der Waals surface area contributed by atoms with E-state index in [0.717, 1.165) is 10.7 Å². The molecule has 11 heteroatoms. The fourth-order valence-electron chi connectivity index (χ4n) is 3.54. The highest BCUT2D eigenvalue weighted by atomic mass is 19.3. The Morgan fingerprint density at radius 2 is 1.78 bits per heavy atom. The van der Waals surface area contributed by atoms with Crippen LogP contribution >= 0.6 is 0 Å². The van der Waals surface area contributed by atoms with Crippen LogP contribution in [0.25, 0.3) is 0 Å².